The van der Waals surface area contributed by atoms with E-state index in [-0.39, 0.29) is 41.5 Å². The second-order valence-electron chi connectivity index (χ2n) is 10.9. The standard InChI is InChI=1S/2C18H15P.C4H9.C2H2.2ClH.Ru/c2*1-4-10-16(11-5-1)19(17-12-6-2-7-13-17)18-14-8-3-9-15-18;1-4(2)3;1-2;;;/h2*1-15H;1-3H3;1H2;2*1H;/q;;;;;;+2/p-2. The Kier molecular flexibility index (Phi) is 18.7. The van der Waals surface area contributed by atoms with Crippen molar-refractivity contribution in [3.05, 3.63) is 189 Å². The second-order valence-corrected chi connectivity index (χ2v) is 19.0. The van der Waals surface area contributed by atoms with Crippen LogP contribution in [0.5, 0.6) is 0 Å². The van der Waals surface area contributed by atoms with Gasteiger partial charge in [0.05, 0.1) is 0 Å². The fourth-order valence-corrected chi connectivity index (χ4v) is 10.1. The van der Waals surface area contributed by atoms with Crippen molar-refractivity contribution in [2.45, 2.75) is 24.8 Å². The van der Waals surface area contributed by atoms with Gasteiger partial charge in [0.1, 0.15) is 0 Å². The molecule has 0 saturated carbocycles. The van der Waals surface area contributed by atoms with Crippen molar-refractivity contribution >= 4 is 51.9 Å². The molecule has 241 valence electrons. The zero-order valence-electron chi connectivity index (χ0n) is 27.0. The van der Waals surface area contributed by atoms with Gasteiger partial charge >= 0.3 is 52.3 Å². The maximum Gasteiger partial charge on any atom is -0.0134 e. The van der Waals surface area contributed by atoms with Gasteiger partial charge in [-0.15, -0.1) is 0 Å². The Labute approximate surface area is 304 Å². The van der Waals surface area contributed by atoms with E-state index in [2.05, 4.69) is 214 Å². The zero-order chi connectivity index (χ0) is 31.7. The molecule has 0 bridgehead atoms. The van der Waals surface area contributed by atoms with E-state index >= 15 is 0 Å². The monoisotopic (exact) mass is 779 g/mol. The minimum atomic E-state index is -0.446. The van der Waals surface area contributed by atoms with Crippen LogP contribution in [0.3, 0.4) is 0 Å². The summed E-state index contributed by atoms with van der Waals surface area (Å²) < 4.78 is 3.41. The van der Waals surface area contributed by atoms with Crippen molar-refractivity contribution in [2.24, 2.45) is 0 Å². The van der Waals surface area contributed by atoms with Gasteiger partial charge in [-0.25, -0.2) is 0 Å². The Morgan fingerprint density at radius 2 is 0.553 bits per heavy atom. The Morgan fingerprint density at radius 3 is 0.660 bits per heavy atom. The molecule has 6 aromatic rings. The molecule has 0 nitrogen and oxygen atoms in total. The van der Waals surface area contributed by atoms with Crippen LogP contribution >= 0.6 is 15.8 Å². The van der Waals surface area contributed by atoms with Gasteiger partial charge in [-0.3, -0.25) is 0 Å². The molecule has 6 aromatic carbocycles. The molecule has 0 aliphatic heterocycles. The van der Waals surface area contributed by atoms with Gasteiger partial charge in [0.15, 0.2) is 0 Å². The quantitative estimate of drug-likeness (QED) is 0.181. The number of rotatable bonds is 6. The second kappa shape index (κ2) is 21.8. The first-order valence-corrected chi connectivity index (χ1v) is 19.4. The van der Waals surface area contributed by atoms with Crippen molar-refractivity contribution < 1.29 is 41.5 Å². The first-order chi connectivity index (χ1) is 22.0. The predicted octanol–water partition coefficient (Wildman–Crippen LogP) is 2.77. The van der Waals surface area contributed by atoms with Gasteiger partial charge in [0, 0.05) is 0 Å². The summed E-state index contributed by atoms with van der Waals surface area (Å²) in [5.41, 5.74) is 0. The molecule has 0 atom stereocenters. The summed E-state index contributed by atoms with van der Waals surface area (Å²) in [4.78, 5) is 0. The Balaban J connectivity index is 0.000000264. The number of halogens is 2. The van der Waals surface area contributed by atoms with Crippen LogP contribution < -0.4 is 56.6 Å². The van der Waals surface area contributed by atoms with Crippen molar-refractivity contribution in [3.8, 4) is 0 Å². The maximum atomic E-state index is 3.56. The molecule has 6 rings (SSSR count). The van der Waals surface area contributed by atoms with Gasteiger partial charge in [0.2, 0.25) is 0 Å². The molecular weight excluding hydrogens is 738 g/mol. The Morgan fingerprint density at radius 1 is 0.383 bits per heavy atom. The molecule has 0 aromatic heterocycles. The van der Waals surface area contributed by atoms with E-state index in [1.807, 2.05) is 0 Å². The molecule has 0 aliphatic carbocycles. The first kappa shape index (κ1) is 40.2. The minimum Gasteiger partial charge on any atom is -1.00 e. The summed E-state index contributed by atoms with van der Waals surface area (Å²) in [6.07, 6.45) is 0. The van der Waals surface area contributed by atoms with Crippen LogP contribution in [0.4, 0.5) is 0 Å². The molecule has 5 heteroatoms. The van der Waals surface area contributed by atoms with Gasteiger partial charge in [-0.1, -0.05) is 182 Å². The van der Waals surface area contributed by atoms with E-state index in [9.17, 15) is 0 Å². The summed E-state index contributed by atoms with van der Waals surface area (Å²) in [6.45, 7) is 10.2. The summed E-state index contributed by atoms with van der Waals surface area (Å²) in [5, 5.41) is 8.39. The molecule has 47 heavy (non-hydrogen) atoms. The fraction of sp³-hybridized carbons (Fsp3) is 0.0952. The zero-order valence-corrected chi connectivity index (χ0v) is 32.1. The molecule has 0 spiro atoms. The first-order valence-electron chi connectivity index (χ1n) is 15.0. The van der Waals surface area contributed by atoms with Crippen LogP contribution in [0.15, 0.2) is 189 Å². The third-order valence-corrected chi connectivity index (χ3v) is 12.9. The summed E-state index contributed by atoms with van der Waals surface area (Å²) in [6, 6.07) is 64.7. The van der Waals surface area contributed by atoms with Gasteiger partial charge in [0.25, 0.3) is 0 Å². The van der Waals surface area contributed by atoms with Crippen LogP contribution in [0.1, 0.15) is 20.8 Å². The van der Waals surface area contributed by atoms with Crippen LogP contribution in [0.2, 0.25) is 4.01 Å². The van der Waals surface area contributed by atoms with Crippen molar-refractivity contribution in [2.75, 3.05) is 0 Å². The molecule has 0 saturated heterocycles. The molecule has 0 amide bonds. The van der Waals surface area contributed by atoms with Gasteiger partial charge < -0.3 is 24.8 Å². The predicted molar refractivity (Wildman–Crippen MR) is 201 cm³/mol. The van der Waals surface area contributed by atoms with Crippen LogP contribution in [-0.2, 0) is 16.7 Å². The van der Waals surface area contributed by atoms with E-state index in [0.717, 1.165) is 0 Å². The van der Waals surface area contributed by atoms with E-state index < -0.39 is 15.8 Å². The van der Waals surface area contributed by atoms with Crippen LogP contribution in [0, 0.1) is 0 Å². The molecule has 0 unspecified atom stereocenters. The topological polar surface area (TPSA) is 0 Å². The van der Waals surface area contributed by atoms with Gasteiger partial charge in [-0.2, -0.15) is 0 Å². The van der Waals surface area contributed by atoms with Crippen molar-refractivity contribution in [1.29, 1.82) is 0 Å². The van der Waals surface area contributed by atoms with E-state index in [0.29, 0.717) is 4.01 Å². The number of hydrogen-bond donors (Lipinski definition) is 0. The summed E-state index contributed by atoms with van der Waals surface area (Å²) >= 11 is 0.279. The third-order valence-electron chi connectivity index (χ3n) is 6.41. The smallest absolute Gasteiger partial charge is 0.0134 e. The molecule has 0 aliphatic rings. The van der Waals surface area contributed by atoms with E-state index in [1.54, 1.807) is 0 Å². The van der Waals surface area contributed by atoms with Gasteiger partial charge in [-0.05, 0) is 47.7 Å². The Bertz CT molecular complexity index is 1400. The van der Waals surface area contributed by atoms with E-state index in [4.69, 9.17) is 0 Å². The minimum absolute atomic E-state index is 0. The Hall–Kier alpha value is -2.97. The molecule has 0 fully saturated rings. The average Bonchev–Trinajstić information content (AvgIpc) is 3.08. The average molecular weight is 780 g/mol. The largest absolute Gasteiger partial charge is 1.00 e. The van der Waals surface area contributed by atoms with Crippen LogP contribution in [0.25, 0.3) is 0 Å². The molecule has 0 radical (unpaired) electrons. The third kappa shape index (κ3) is 13.6. The van der Waals surface area contributed by atoms with Crippen LogP contribution in [-0.4, -0.2) is 4.26 Å². The SMILES string of the molecule is C=[C]=[Ru+2][C](C)(C)C.[Cl-].[Cl-].c1ccc(P(c2ccccc2)c2ccccc2)cc1.c1ccc(P(c2ccccc2)c2ccccc2)cc1. The molecule has 0 heterocycles. The normalized spacial score (nSPS) is 10.1. The summed E-state index contributed by atoms with van der Waals surface area (Å²) in [7, 11) is -0.892. The van der Waals surface area contributed by atoms with Crippen molar-refractivity contribution in [3.63, 3.8) is 0 Å². The molecular formula is C42H41Cl2P2Ru. The maximum absolute atomic E-state index is 3.56. The summed E-state index contributed by atoms with van der Waals surface area (Å²) in [5.74, 6) is 0. The molecule has 0 N–H and O–H groups in total. The number of hydrogen-bond acceptors (Lipinski definition) is 0. The fourth-order valence-electron chi connectivity index (χ4n) is 4.54. The van der Waals surface area contributed by atoms with Crippen molar-refractivity contribution in [1.82, 2.24) is 0 Å². The number of benzene rings is 6. The van der Waals surface area contributed by atoms with E-state index in [1.165, 1.54) is 31.8 Å².